The van der Waals surface area contributed by atoms with E-state index in [4.69, 9.17) is 5.21 Å². The molecular weight excluding hydrogens is 202 g/mol. The lowest BCUT2D eigenvalue weighted by molar-refractivity contribution is 0.319. The van der Waals surface area contributed by atoms with Crippen molar-refractivity contribution in [1.29, 1.82) is 0 Å². The third kappa shape index (κ3) is 2.06. The summed E-state index contributed by atoms with van der Waals surface area (Å²) in [7, 11) is 0. The summed E-state index contributed by atoms with van der Waals surface area (Å²) in [6.07, 6.45) is 5.12. The molecule has 0 fully saturated rings. The van der Waals surface area contributed by atoms with Crippen molar-refractivity contribution in [2.24, 2.45) is 5.16 Å². The van der Waals surface area contributed by atoms with Crippen molar-refractivity contribution in [2.45, 2.75) is 6.92 Å². The fourth-order valence-corrected chi connectivity index (χ4v) is 1.37. The second-order valence-corrected chi connectivity index (χ2v) is 3.36. The number of rotatable bonds is 2. The molecule has 0 saturated carbocycles. The van der Waals surface area contributed by atoms with Gasteiger partial charge in [0.25, 0.3) is 0 Å². The third-order valence-electron chi connectivity index (χ3n) is 2.27. The first-order valence-electron chi connectivity index (χ1n) is 4.87. The summed E-state index contributed by atoms with van der Waals surface area (Å²) in [4.78, 5) is 8.33. The van der Waals surface area contributed by atoms with E-state index in [1.807, 2.05) is 24.3 Å². The van der Waals surface area contributed by atoms with Gasteiger partial charge in [-0.3, -0.25) is 9.97 Å². The van der Waals surface area contributed by atoms with Gasteiger partial charge in [-0.1, -0.05) is 11.2 Å². The van der Waals surface area contributed by atoms with E-state index in [2.05, 4.69) is 15.1 Å². The van der Waals surface area contributed by atoms with Crippen LogP contribution in [0, 0.1) is 0 Å². The molecule has 80 valence electrons. The highest BCUT2D eigenvalue weighted by Crippen LogP contribution is 2.16. The maximum atomic E-state index is 8.69. The van der Waals surface area contributed by atoms with Crippen molar-refractivity contribution in [1.82, 2.24) is 9.97 Å². The molecule has 4 heteroatoms. The Morgan fingerprint density at radius 1 is 1.31 bits per heavy atom. The molecule has 0 aliphatic carbocycles. The zero-order valence-corrected chi connectivity index (χ0v) is 8.83. The van der Waals surface area contributed by atoms with Gasteiger partial charge in [-0.15, -0.1) is 0 Å². The third-order valence-corrected chi connectivity index (χ3v) is 2.27. The second kappa shape index (κ2) is 4.53. The zero-order chi connectivity index (χ0) is 11.4. The molecule has 16 heavy (non-hydrogen) atoms. The zero-order valence-electron chi connectivity index (χ0n) is 8.83. The van der Waals surface area contributed by atoms with Gasteiger partial charge in [0.2, 0.25) is 0 Å². The predicted molar refractivity (Wildman–Crippen MR) is 61.5 cm³/mol. The van der Waals surface area contributed by atoms with Crippen LogP contribution in [0.4, 0.5) is 0 Å². The highest BCUT2D eigenvalue weighted by Gasteiger charge is 2.03. The van der Waals surface area contributed by atoms with E-state index in [-0.39, 0.29) is 0 Å². The van der Waals surface area contributed by atoms with Gasteiger partial charge >= 0.3 is 0 Å². The van der Waals surface area contributed by atoms with E-state index < -0.39 is 0 Å². The lowest BCUT2D eigenvalue weighted by atomic mass is 10.1. The molecule has 0 unspecified atom stereocenters. The molecule has 2 heterocycles. The Morgan fingerprint density at radius 3 is 2.88 bits per heavy atom. The van der Waals surface area contributed by atoms with Crippen molar-refractivity contribution in [3.05, 3.63) is 48.4 Å². The number of oxime groups is 1. The summed E-state index contributed by atoms with van der Waals surface area (Å²) < 4.78 is 0. The first kappa shape index (κ1) is 10.3. The summed E-state index contributed by atoms with van der Waals surface area (Å²) in [5, 5.41) is 11.8. The Hall–Kier alpha value is -2.23. The van der Waals surface area contributed by atoms with Gasteiger partial charge in [0.15, 0.2) is 0 Å². The first-order chi connectivity index (χ1) is 7.81. The Bertz CT molecular complexity index is 509. The fourth-order valence-electron chi connectivity index (χ4n) is 1.37. The van der Waals surface area contributed by atoms with E-state index in [9.17, 15) is 0 Å². The molecule has 0 saturated heterocycles. The maximum absolute atomic E-state index is 8.69. The molecule has 0 aliphatic heterocycles. The average molecular weight is 213 g/mol. The lowest BCUT2D eigenvalue weighted by Crippen LogP contribution is -1.96. The number of pyridine rings is 2. The van der Waals surface area contributed by atoms with Gasteiger partial charge in [0, 0.05) is 29.7 Å². The Balaban J connectivity index is 2.44. The molecule has 0 aromatic carbocycles. The second-order valence-electron chi connectivity index (χ2n) is 3.36. The average Bonchev–Trinajstić information content (AvgIpc) is 2.39. The number of hydrogen-bond donors (Lipinski definition) is 1. The SMILES string of the molecule is C/C(=N\O)c1cncc(-c2ccccn2)c1. The minimum atomic E-state index is 0.533. The quantitative estimate of drug-likeness (QED) is 0.473. The van der Waals surface area contributed by atoms with Gasteiger partial charge < -0.3 is 5.21 Å². The standard InChI is InChI=1S/C12H11N3O/c1-9(15-16)10-6-11(8-13-7-10)12-4-2-3-5-14-12/h2-8,16H,1H3/b15-9+. The van der Waals surface area contributed by atoms with Crippen LogP contribution in [0.5, 0.6) is 0 Å². The van der Waals surface area contributed by atoms with Crippen molar-refractivity contribution >= 4 is 5.71 Å². The Labute approximate surface area is 93.3 Å². The van der Waals surface area contributed by atoms with Crippen molar-refractivity contribution in [3.63, 3.8) is 0 Å². The van der Waals surface area contributed by atoms with E-state index in [0.717, 1.165) is 16.8 Å². The number of nitrogens with zero attached hydrogens (tertiary/aromatic N) is 3. The monoisotopic (exact) mass is 213 g/mol. The molecule has 2 aromatic rings. The van der Waals surface area contributed by atoms with Crippen LogP contribution in [0.15, 0.2) is 48.0 Å². The maximum Gasteiger partial charge on any atom is 0.0852 e. The fraction of sp³-hybridized carbons (Fsp3) is 0.0833. The molecule has 1 N–H and O–H groups in total. The smallest absolute Gasteiger partial charge is 0.0852 e. The number of hydrogen-bond acceptors (Lipinski definition) is 4. The highest BCUT2D eigenvalue weighted by molar-refractivity contribution is 5.98. The van der Waals surface area contributed by atoms with E-state index in [0.29, 0.717) is 5.71 Å². The summed E-state index contributed by atoms with van der Waals surface area (Å²) in [5.41, 5.74) is 3.07. The van der Waals surface area contributed by atoms with Crippen LogP contribution in [0.25, 0.3) is 11.3 Å². The Kier molecular flexibility index (Phi) is 2.91. The summed E-state index contributed by atoms with van der Waals surface area (Å²) in [6, 6.07) is 7.58. The highest BCUT2D eigenvalue weighted by atomic mass is 16.4. The van der Waals surface area contributed by atoms with Crippen molar-refractivity contribution < 1.29 is 5.21 Å². The van der Waals surface area contributed by atoms with Crippen molar-refractivity contribution in [2.75, 3.05) is 0 Å². The van der Waals surface area contributed by atoms with Crippen LogP contribution in [-0.4, -0.2) is 20.9 Å². The molecular formula is C12H11N3O. The van der Waals surface area contributed by atoms with Crippen LogP contribution >= 0.6 is 0 Å². The summed E-state index contributed by atoms with van der Waals surface area (Å²) in [6.45, 7) is 1.72. The Morgan fingerprint density at radius 2 is 2.19 bits per heavy atom. The van der Waals surface area contributed by atoms with Gasteiger partial charge in [-0.2, -0.15) is 0 Å². The summed E-state index contributed by atoms with van der Waals surface area (Å²) >= 11 is 0. The van der Waals surface area contributed by atoms with E-state index >= 15 is 0 Å². The minimum absolute atomic E-state index is 0.533. The first-order valence-corrected chi connectivity index (χ1v) is 4.87. The van der Waals surface area contributed by atoms with Crippen LogP contribution in [0.1, 0.15) is 12.5 Å². The minimum Gasteiger partial charge on any atom is -0.411 e. The number of aromatic nitrogens is 2. The van der Waals surface area contributed by atoms with Gasteiger partial charge in [-0.25, -0.2) is 0 Å². The normalized spacial score (nSPS) is 11.4. The molecule has 2 rings (SSSR count). The van der Waals surface area contributed by atoms with Crippen molar-refractivity contribution in [3.8, 4) is 11.3 Å². The van der Waals surface area contributed by atoms with E-state index in [1.165, 1.54) is 0 Å². The molecule has 0 amide bonds. The molecule has 0 spiro atoms. The van der Waals surface area contributed by atoms with Gasteiger partial charge in [0.05, 0.1) is 11.4 Å². The topological polar surface area (TPSA) is 58.4 Å². The summed E-state index contributed by atoms with van der Waals surface area (Å²) in [5.74, 6) is 0. The van der Waals surface area contributed by atoms with Crippen LogP contribution in [0.2, 0.25) is 0 Å². The molecule has 0 aliphatic rings. The van der Waals surface area contributed by atoms with E-state index in [1.54, 1.807) is 25.5 Å². The molecule has 0 atom stereocenters. The van der Waals surface area contributed by atoms with Crippen LogP contribution < -0.4 is 0 Å². The van der Waals surface area contributed by atoms with Crippen LogP contribution in [0.3, 0.4) is 0 Å². The van der Waals surface area contributed by atoms with Crippen LogP contribution in [-0.2, 0) is 0 Å². The molecule has 2 aromatic heterocycles. The predicted octanol–water partition coefficient (Wildman–Crippen LogP) is 2.34. The lowest BCUT2D eigenvalue weighted by Gasteiger charge is -2.02. The molecule has 4 nitrogen and oxygen atoms in total. The van der Waals surface area contributed by atoms with Gasteiger partial charge in [-0.05, 0) is 25.1 Å². The molecule has 0 bridgehead atoms. The molecule has 0 radical (unpaired) electrons. The largest absolute Gasteiger partial charge is 0.411 e. The van der Waals surface area contributed by atoms with Gasteiger partial charge in [0.1, 0.15) is 0 Å².